The molecule has 5 nitrogen and oxygen atoms in total. The lowest BCUT2D eigenvalue weighted by atomic mass is 10.4. The van der Waals surface area contributed by atoms with Gasteiger partial charge in [0.25, 0.3) is 0 Å². The molecule has 0 saturated carbocycles. The largest absolute Gasteiger partial charge is 0.381 e. The second-order valence-corrected chi connectivity index (χ2v) is 4.81. The van der Waals surface area contributed by atoms with Crippen molar-refractivity contribution in [2.75, 3.05) is 17.2 Å². The van der Waals surface area contributed by atoms with Gasteiger partial charge >= 0.3 is 0 Å². The number of aromatic nitrogens is 2. The Bertz CT molecular complexity index is 414. The fourth-order valence-electron chi connectivity index (χ4n) is 1.48. The molecule has 0 aliphatic carbocycles. The zero-order valence-corrected chi connectivity index (χ0v) is 10.2. The van der Waals surface area contributed by atoms with Crippen LogP contribution in [0.2, 0.25) is 0 Å². The summed E-state index contributed by atoms with van der Waals surface area (Å²) in [6, 6.07) is 0. The van der Waals surface area contributed by atoms with Crippen LogP contribution in [-0.4, -0.2) is 27.7 Å². The van der Waals surface area contributed by atoms with Gasteiger partial charge in [0.15, 0.2) is 11.6 Å². The smallest absolute Gasteiger partial charge is 0.229 e. The van der Waals surface area contributed by atoms with Gasteiger partial charge in [0.05, 0.1) is 6.20 Å². The van der Waals surface area contributed by atoms with Crippen molar-refractivity contribution in [2.24, 2.45) is 0 Å². The fraction of sp³-hybridized carbons (Fsp3) is 0.375. The number of halogens is 1. The highest BCUT2D eigenvalue weighted by Gasteiger charge is 2.30. The van der Waals surface area contributed by atoms with Crippen LogP contribution in [0.15, 0.2) is 10.8 Å². The zero-order chi connectivity index (χ0) is 11.0. The number of thiol groups is 1. The van der Waals surface area contributed by atoms with Crippen molar-refractivity contribution in [3.63, 3.8) is 0 Å². The highest BCUT2D eigenvalue weighted by atomic mass is 79.9. The highest BCUT2D eigenvalue weighted by molar-refractivity contribution is 9.10. The number of anilines is 2. The molecule has 1 fully saturated rings. The van der Waals surface area contributed by atoms with Crippen molar-refractivity contribution in [1.29, 1.82) is 0 Å². The molecule has 1 saturated heterocycles. The van der Waals surface area contributed by atoms with Crippen LogP contribution in [0.25, 0.3) is 0 Å². The van der Waals surface area contributed by atoms with Crippen LogP contribution in [0.3, 0.4) is 0 Å². The number of rotatable bonds is 1. The molecule has 80 valence electrons. The van der Waals surface area contributed by atoms with Crippen molar-refractivity contribution in [1.82, 2.24) is 9.97 Å². The summed E-state index contributed by atoms with van der Waals surface area (Å²) in [5, 5.41) is 0.0438. The van der Waals surface area contributed by atoms with E-state index in [-0.39, 0.29) is 17.0 Å². The summed E-state index contributed by atoms with van der Waals surface area (Å²) in [7, 11) is 0. The monoisotopic (exact) mass is 288 g/mol. The van der Waals surface area contributed by atoms with E-state index in [0.717, 1.165) is 0 Å². The van der Waals surface area contributed by atoms with Gasteiger partial charge in [0, 0.05) is 18.2 Å². The molecule has 7 heteroatoms. The SMILES string of the molecule is Nc1nc(Br)cnc1N1CC(S)CC1=O. The van der Waals surface area contributed by atoms with E-state index in [1.165, 1.54) is 11.1 Å². The molecule has 1 aliphatic heterocycles. The zero-order valence-electron chi connectivity index (χ0n) is 7.72. The van der Waals surface area contributed by atoms with E-state index in [9.17, 15) is 4.79 Å². The molecule has 15 heavy (non-hydrogen) atoms. The summed E-state index contributed by atoms with van der Waals surface area (Å²) < 4.78 is 0.554. The van der Waals surface area contributed by atoms with Gasteiger partial charge in [-0.25, -0.2) is 9.97 Å². The first-order valence-corrected chi connectivity index (χ1v) is 5.65. The van der Waals surface area contributed by atoms with Crippen LogP contribution >= 0.6 is 28.6 Å². The molecule has 1 unspecified atom stereocenters. The molecule has 2 N–H and O–H groups in total. The van der Waals surface area contributed by atoms with Gasteiger partial charge in [-0.15, -0.1) is 0 Å². The Balaban J connectivity index is 2.34. The summed E-state index contributed by atoms with van der Waals surface area (Å²) in [6.07, 6.45) is 1.94. The van der Waals surface area contributed by atoms with Crippen LogP contribution in [0.4, 0.5) is 11.6 Å². The molecule has 0 aromatic carbocycles. The third-order valence-electron chi connectivity index (χ3n) is 2.11. The van der Waals surface area contributed by atoms with Crippen molar-refractivity contribution in [2.45, 2.75) is 11.7 Å². The molecule has 1 aromatic heterocycles. The highest BCUT2D eigenvalue weighted by Crippen LogP contribution is 2.26. The molecule has 1 aliphatic rings. The standard InChI is InChI=1S/C8H9BrN4OS/c9-5-2-11-8(7(10)12-5)13-3-4(15)1-6(13)14/h2,4,15H,1,3H2,(H2,10,12). The van der Waals surface area contributed by atoms with E-state index >= 15 is 0 Å². The number of carbonyl (C=O) groups is 1. The lowest BCUT2D eigenvalue weighted by Gasteiger charge is -2.15. The predicted octanol–water partition coefficient (Wildman–Crippen LogP) is 0.856. The number of hydrogen-bond acceptors (Lipinski definition) is 5. The quantitative estimate of drug-likeness (QED) is 0.752. The molecule has 0 spiro atoms. The average Bonchev–Trinajstić information content (AvgIpc) is 2.45. The summed E-state index contributed by atoms with van der Waals surface area (Å²) in [6.45, 7) is 0.530. The maximum atomic E-state index is 11.6. The third-order valence-corrected chi connectivity index (χ3v) is 2.84. The van der Waals surface area contributed by atoms with Crippen LogP contribution in [0.1, 0.15) is 6.42 Å². The lowest BCUT2D eigenvalue weighted by molar-refractivity contribution is -0.117. The minimum absolute atomic E-state index is 0.0154. The van der Waals surface area contributed by atoms with Gasteiger partial charge in [0.2, 0.25) is 5.91 Å². The Hall–Kier alpha value is -0.820. The van der Waals surface area contributed by atoms with E-state index in [4.69, 9.17) is 5.73 Å². The van der Waals surface area contributed by atoms with E-state index < -0.39 is 0 Å². The van der Waals surface area contributed by atoms with Crippen LogP contribution < -0.4 is 10.6 Å². The molecule has 0 bridgehead atoms. The number of hydrogen-bond donors (Lipinski definition) is 2. The molecule has 0 radical (unpaired) electrons. The van der Waals surface area contributed by atoms with Gasteiger partial charge in [-0.2, -0.15) is 12.6 Å². The molecule has 1 amide bonds. The molecule has 1 atom stereocenters. The molecule has 1 aromatic rings. The summed E-state index contributed by atoms with van der Waals surface area (Å²) in [5.74, 6) is 0.651. The minimum Gasteiger partial charge on any atom is -0.381 e. The van der Waals surface area contributed by atoms with Crippen molar-refractivity contribution < 1.29 is 4.79 Å². The van der Waals surface area contributed by atoms with Crippen molar-refractivity contribution in [3.8, 4) is 0 Å². The average molecular weight is 289 g/mol. The Kier molecular flexibility index (Phi) is 2.83. The van der Waals surface area contributed by atoms with Crippen molar-refractivity contribution >= 4 is 46.1 Å². The lowest BCUT2D eigenvalue weighted by Crippen LogP contribution is -2.27. The number of nitrogens with zero attached hydrogens (tertiary/aromatic N) is 3. The van der Waals surface area contributed by atoms with Gasteiger partial charge < -0.3 is 5.73 Å². The number of carbonyl (C=O) groups excluding carboxylic acids is 1. The summed E-state index contributed by atoms with van der Waals surface area (Å²) >= 11 is 7.41. The Labute approximate surface area is 101 Å². The predicted molar refractivity (Wildman–Crippen MR) is 63.9 cm³/mol. The van der Waals surface area contributed by atoms with Crippen LogP contribution in [0.5, 0.6) is 0 Å². The normalized spacial score (nSPS) is 21.1. The summed E-state index contributed by atoms with van der Waals surface area (Å²) in [5.41, 5.74) is 5.69. The summed E-state index contributed by atoms with van der Waals surface area (Å²) in [4.78, 5) is 21.2. The second-order valence-electron chi connectivity index (χ2n) is 3.26. The van der Waals surface area contributed by atoms with Gasteiger partial charge in [0.1, 0.15) is 4.60 Å². The van der Waals surface area contributed by atoms with Crippen molar-refractivity contribution in [3.05, 3.63) is 10.8 Å². The van der Waals surface area contributed by atoms with Crippen LogP contribution in [0, 0.1) is 0 Å². The first-order valence-electron chi connectivity index (χ1n) is 4.34. The van der Waals surface area contributed by atoms with Gasteiger partial charge in [-0.05, 0) is 15.9 Å². The van der Waals surface area contributed by atoms with Gasteiger partial charge in [-0.1, -0.05) is 0 Å². The Morgan fingerprint density at radius 1 is 1.67 bits per heavy atom. The fourth-order valence-corrected chi connectivity index (χ4v) is 2.09. The number of nitrogens with two attached hydrogens (primary N) is 1. The topological polar surface area (TPSA) is 72.1 Å². The van der Waals surface area contributed by atoms with E-state index in [1.807, 2.05) is 0 Å². The molecule has 2 rings (SSSR count). The van der Waals surface area contributed by atoms with E-state index in [2.05, 4.69) is 38.5 Å². The molecular weight excluding hydrogens is 280 g/mol. The minimum atomic E-state index is -0.0154. The maximum absolute atomic E-state index is 11.6. The molecule has 2 heterocycles. The number of nitrogen functional groups attached to an aromatic ring is 1. The third kappa shape index (κ3) is 2.07. The van der Waals surface area contributed by atoms with Crippen LogP contribution in [-0.2, 0) is 4.79 Å². The van der Waals surface area contributed by atoms with Gasteiger partial charge in [-0.3, -0.25) is 9.69 Å². The Morgan fingerprint density at radius 3 is 2.93 bits per heavy atom. The van der Waals surface area contributed by atoms with E-state index in [1.54, 1.807) is 0 Å². The second kappa shape index (κ2) is 3.97. The number of amides is 1. The molecular formula is C8H9BrN4OS. The van der Waals surface area contributed by atoms with E-state index in [0.29, 0.717) is 23.4 Å². The first-order chi connectivity index (χ1) is 7.08. The first kappa shape index (κ1) is 10.7. The Morgan fingerprint density at radius 2 is 2.40 bits per heavy atom. The maximum Gasteiger partial charge on any atom is 0.229 e.